The molecule has 6 nitrogen and oxygen atoms in total. The molecule has 2 rings (SSSR count). The van der Waals surface area contributed by atoms with Crippen LogP contribution in [0.25, 0.3) is 0 Å². The van der Waals surface area contributed by atoms with E-state index in [0.717, 1.165) is 11.7 Å². The highest BCUT2D eigenvalue weighted by molar-refractivity contribution is 7.07. The Morgan fingerprint density at radius 2 is 1.95 bits per heavy atom. The molecule has 0 saturated carbocycles. The fraction of sp³-hybridized carbons (Fsp3) is 0.214. The number of aromatic nitrogens is 1. The molecule has 2 aromatic rings. The molecule has 22 heavy (non-hydrogen) atoms. The average Bonchev–Trinajstić information content (AvgIpc) is 2.83. The first-order chi connectivity index (χ1) is 10.3. The van der Waals surface area contributed by atoms with Crippen LogP contribution in [-0.4, -0.2) is 26.7 Å². The second kappa shape index (κ2) is 5.94. The van der Waals surface area contributed by atoms with Crippen LogP contribution in [0, 0.1) is 0 Å². The largest absolute Gasteiger partial charge is 0.480 e. The smallest absolute Gasteiger partial charge is 0.325 e. The predicted molar refractivity (Wildman–Crippen MR) is 82.6 cm³/mol. The van der Waals surface area contributed by atoms with Gasteiger partial charge < -0.3 is 14.8 Å². The van der Waals surface area contributed by atoms with Gasteiger partial charge >= 0.3 is 11.9 Å². The van der Waals surface area contributed by atoms with Crippen LogP contribution in [0.15, 0.2) is 34.8 Å². The van der Waals surface area contributed by atoms with E-state index in [1.54, 1.807) is 6.07 Å². The van der Waals surface area contributed by atoms with E-state index in [2.05, 4.69) is 4.99 Å². The van der Waals surface area contributed by atoms with Crippen molar-refractivity contribution in [3.63, 3.8) is 0 Å². The lowest BCUT2D eigenvalue weighted by atomic mass is 9.82. The van der Waals surface area contributed by atoms with Crippen molar-refractivity contribution in [2.45, 2.75) is 12.3 Å². The van der Waals surface area contributed by atoms with Crippen LogP contribution in [0.5, 0.6) is 0 Å². The van der Waals surface area contributed by atoms with E-state index in [1.165, 1.54) is 23.5 Å². The van der Waals surface area contributed by atoms with Crippen LogP contribution in [0.2, 0.25) is 5.02 Å². The van der Waals surface area contributed by atoms with Gasteiger partial charge in [-0.05, 0) is 24.6 Å². The molecule has 8 heteroatoms. The number of carboxylic acids is 2. The van der Waals surface area contributed by atoms with Gasteiger partial charge in [-0.25, -0.2) is 4.99 Å². The fourth-order valence-electron chi connectivity index (χ4n) is 1.85. The zero-order chi connectivity index (χ0) is 16.5. The van der Waals surface area contributed by atoms with Crippen LogP contribution in [0.3, 0.4) is 0 Å². The summed E-state index contributed by atoms with van der Waals surface area (Å²) in [7, 11) is 1.84. The molecule has 1 heterocycles. The number of nitrogens with zero attached hydrogens (tertiary/aromatic N) is 2. The number of benzene rings is 1. The number of carbonyl (C=O) groups is 2. The van der Waals surface area contributed by atoms with Crippen LogP contribution in [0.1, 0.15) is 12.5 Å². The Hall–Kier alpha value is -2.12. The van der Waals surface area contributed by atoms with Gasteiger partial charge in [0.1, 0.15) is 0 Å². The maximum absolute atomic E-state index is 11.3. The molecule has 0 bridgehead atoms. The molecule has 0 aliphatic carbocycles. The number of carboxylic acid groups (broad SMARTS) is 2. The highest BCUT2D eigenvalue weighted by atomic mass is 35.5. The number of aliphatic carboxylic acids is 2. The summed E-state index contributed by atoms with van der Waals surface area (Å²) in [5.74, 6) is -2.95. The standard InChI is InChI=1S/C14H13ClN2O4S/c1-14(11(18)19,12(20)21)9-4-3-8(7-10(9)15)16-13-17(2)5-6-22-13/h3-7H,1-2H3,(H,18,19)(H,20,21)/b16-13-. The summed E-state index contributed by atoms with van der Waals surface area (Å²) in [6.07, 6.45) is 1.85. The molecule has 0 saturated heterocycles. The predicted octanol–water partition coefficient (Wildman–Crippen LogP) is 2.40. The van der Waals surface area contributed by atoms with E-state index in [9.17, 15) is 19.8 Å². The van der Waals surface area contributed by atoms with Crippen molar-refractivity contribution >= 4 is 40.6 Å². The summed E-state index contributed by atoms with van der Waals surface area (Å²) in [5, 5.41) is 20.4. The lowest BCUT2D eigenvalue weighted by Gasteiger charge is -2.21. The Morgan fingerprint density at radius 3 is 2.41 bits per heavy atom. The highest BCUT2D eigenvalue weighted by Crippen LogP contribution is 2.33. The minimum Gasteiger partial charge on any atom is -0.480 e. The minimum absolute atomic E-state index is 0.0173. The zero-order valence-corrected chi connectivity index (χ0v) is 13.4. The normalized spacial score (nSPS) is 12.4. The first-order valence-electron chi connectivity index (χ1n) is 6.18. The first-order valence-corrected chi connectivity index (χ1v) is 7.44. The third-order valence-corrected chi connectivity index (χ3v) is 4.49. The Morgan fingerprint density at radius 1 is 1.32 bits per heavy atom. The third-order valence-electron chi connectivity index (χ3n) is 3.33. The van der Waals surface area contributed by atoms with Crippen LogP contribution in [0.4, 0.5) is 5.69 Å². The van der Waals surface area contributed by atoms with Gasteiger partial charge in [-0.3, -0.25) is 9.59 Å². The molecule has 0 atom stereocenters. The van der Waals surface area contributed by atoms with E-state index < -0.39 is 17.4 Å². The Balaban J connectivity index is 2.54. The molecule has 0 radical (unpaired) electrons. The molecule has 0 aliphatic rings. The summed E-state index contributed by atoms with van der Waals surface area (Å²) in [6, 6.07) is 4.39. The van der Waals surface area contributed by atoms with E-state index in [4.69, 9.17) is 11.6 Å². The Bertz CT molecular complexity index is 795. The number of rotatable bonds is 4. The number of hydrogen-bond acceptors (Lipinski definition) is 4. The van der Waals surface area contributed by atoms with Gasteiger partial charge in [-0.15, -0.1) is 11.3 Å². The molecule has 0 aliphatic heterocycles. The average molecular weight is 341 g/mol. The van der Waals surface area contributed by atoms with E-state index in [-0.39, 0.29) is 10.6 Å². The number of hydrogen-bond donors (Lipinski definition) is 2. The van der Waals surface area contributed by atoms with Crippen molar-refractivity contribution in [2.24, 2.45) is 12.0 Å². The van der Waals surface area contributed by atoms with Gasteiger partial charge in [0.15, 0.2) is 10.2 Å². The van der Waals surface area contributed by atoms with Gasteiger partial charge in [0, 0.05) is 23.6 Å². The van der Waals surface area contributed by atoms with E-state index in [0.29, 0.717) is 5.69 Å². The highest BCUT2D eigenvalue weighted by Gasteiger charge is 2.44. The molecular weight excluding hydrogens is 328 g/mol. The van der Waals surface area contributed by atoms with Crippen molar-refractivity contribution in [3.05, 3.63) is 45.2 Å². The molecule has 0 unspecified atom stereocenters. The third kappa shape index (κ3) is 2.77. The van der Waals surface area contributed by atoms with Crippen molar-refractivity contribution in [1.29, 1.82) is 0 Å². The number of halogens is 1. The molecule has 0 amide bonds. The van der Waals surface area contributed by atoms with Crippen LogP contribution in [-0.2, 0) is 22.1 Å². The van der Waals surface area contributed by atoms with Crippen molar-refractivity contribution in [2.75, 3.05) is 0 Å². The molecule has 1 aromatic heterocycles. The molecule has 116 valence electrons. The van der Waals surface area contributed by atoms with Gasteiger partial charge in [0.25, 0.3) is 0 Å². The molecule has 2 N–H and O–H groups in total. The van der Waals surface area contributed by atoms with Crippen molar-refractivity contribution < 1.29 is 19.8 Å². The first kappa shape index (κ1) is 16.3. The van der Waals surface area contributed by atoms with Crippen molar-refractivity contribution in [3.8, 4) is 0 Å². The maximum Gasteiger partial charge on any atom is 0.325 e. The Labute approximate surface area is 134 Å². The molecular formula is C14H13ClN2O4S. The summed E-state index contributed by atoms with van der Waals surface area (Å²) in [6.45, 7) is 1.11. The van der Waals surface area contributed by atoms with E-state index in [1.807, 2.05) is 23.2 Å². The quantitative estimate of drug-likeness (QED) is 0.836. The SMILES string of the molecule is Cn1ccs/c1=N\c1ccc(C(C)(C(=O)O)C(=O)O)c(Cl)c1. The van der Waals surface area contributed by atoms with Crippen LogP contribution >= 0.6 is 22.9 Å². The minimum atomic E-state index is -2.11. The monoisotopic (exact) mass is 340 g/mol. The molecule has 1 aromatic carbocycles. The number of aryl methyl sites for hydroxylation is 1. The van der Waals surface area contributed by atoms with Gasteiger partial charge in [0.2, 0.25) is 0 Å². The van der Waals surface area contributed by atoms with E-state index >= 15 is 0 Å². The van der Waals surface area contributed by atoms with Crippen molar-refractivity contribution in [1.82, 2.24) is 4.57 Å². The van der Waals surface area contributed by atoms with Gasteiger partial charge in [-0.1, -0.05) is 17.7 Å². The summed E-state index contributed by atoms with van der Waals surface area (Å²) >= 11 is 7.53. The summed E-state index contributed by atoms with van der Waals surface area (Å²) in [5.41, 5.74) is -1.57. The maximum atomic E-state index is 11.3. The lowest BCUT2D eigenvalue weighted by molar-refractivity contribution is -0.156. The zero-order valence-electron chi connectivity index (χ0n) is 11.8. The van der Waals surface area contributed by atoms with Gasteiger partial charge in [-0.2, -0.15) is 0 Å². The summed E-state index contributed by atoms with van der Waals surface area (Å²) in [4.78, 5) is 27.8. The van der Waals surface area contributed by atoms with Crippen LogP contribution < -0.4 is 4.80 Å². The summed E-state index contributed by atoms with van der Waals surface area (Å²) < 4.78 is 1.82. The Kier molecular flexibility index (Phi) is 4.39. The molecule has 0 fully saturated rings. The lowest BCUT2D eigenvalue weighted by Crippen LogP contribution is -2.41. The second-order valence-electron chi connectivity index (χ2n) is 4.81. The second-order valence-corrected chi connectivity index (χ2v) is 6.09. The number of thiazole rings is 1. The van der Waals surface area contributed by atoms with Gasteiger partial charge in [0.05, 0.1) is 5.69 Å². The fourth-order valence-corrected chi connectivity index (χ4v) is 2.96. The molecule has 0 spiro atoms. The topological polar surface area (TPSA) is 91.9 Å².